The largest absolute Gasteiger partial charge is 0.493 e. The summed E-state index contributed by atoms with van der Waals surface area (Å²) in [6, 6.07) is 6.45. The molecule has 0 saturated heterocycles. The average molecular weight is 277 g/mol. The molecule has 0 spiro atoms. The molecule has 0 aliphatic heterocycles. The molecule has 112 valence electrons. The quantitative estimate of drug-likeness (QED) is 0.795. The molecule has 0 amide bonds. The molecule has 1 aliphatic carbocycles. The van der Waals surface area contributed by atoms with Gasteiger partial charge in [-0.3, -0.25) is 0 Å². The molecule has 0 unspecified atom stereocenters. The van der Waals surface area contributed by atoms with Crippen LogP contribution in [-0.4, -0.2) is 39.8 Å². The van der Waals surface area contributed by atoms with Gasteiger partial charge in [-0.05, 0) is 63.0 Å². The SMILES string of the molecule is COc1ccc(C2(CCN(C)C)CCCC2)cc1OC. The highest BCUT2D eigenvalue weighted by Crippen LogP contribution is 2.45. The Morgan fingerprint density at radius 3 is 2.25 bits per heavy atom. The summed E-state index contributed by atoms with van der Waals surface area (Å²) < 4.78 is 10.8. The highest BCUT2D eigenvalue weighted by atomic mass is 16.5. The van der Waals surface area contributed by atoms with Crippen molar-refractivity contribution in [3.63, 3.8) is 0 Å². The second-order valence-electron chi connectivity index (χ2n) is 6.11. The standard InChI is InChI=1S/C17H27NO2/c1-18(2)12-11-17(9-5-6-10-17)14-7-8-15(19-3)16(13-14)20-4/h7-8,13H,5-6,9-12H2,1-4H3. The minimum atomic E-state index is 0.323. The van der Waals surface area contributed by atoms with Crippen LogP contribution in [0.2, 0.25) is 0 Å². The second-order valence-corrected chi connectivity index (χ2v) is 6.11. The van der Waals surface area contributed by atoms with E-state index in [0.717, 1.165) is 18.0 Å². The van der Waals surface area contributed by atoms with E-state index in [-0.39, 0.29) is 0 Å². The third kappa shape index (κ3) is 3.09. The van der Waals surface area contributed by atoms with E-state index < -0.39 is 0 Å². The normalized spacial score (nSPS) is 17.4. The minimum absolute atomic E-state index is 0.323. The summed E-state index contributed by atoms with van der Waals surface area (Å²) in [4.78, 5) is 2.28. The first-order valence-electron chi connectivity index (χ1n) is 7.48. The van der Waals surface area contributed by atoms with Gasteiger partial charge in [0.05, 0.1) is 14.2 Å². The predicted octanol–water partition coefficient (Wildman–Crippen LogP) is 3.47. The third-order valence-corrected chi connectivity index (χ3v) is 4.59. The zero-order valence-electron chi connectivity index (χ0n) is 13.2. The molecule has 3 heteroatoms. The molecule has 0 heterocycles. The van der Waals surface area contributed by atoms with Crippen LogP contribution in [0.4, 0.5) is 0 Å². The van der Waals surface area contributed by atoms with Gasteiger partial charge in [-0.15, -0.1) is 0 Å². The number of ether oxygens (including phenoxy) is 2. The summed E-state index contributed by atoms with van der Waals surface area (Å²) in [5, 5.41) is 0. The van der Waals surface area contributed by atoms with Crippen LogP contribution in [0.15, 0.2) is 18.2 Å². The predicted molar refractivity (Wildman–Crippen MR) is 82.9 cm³/mol. The van der Waals surface area contributed by atoms with Gasteiger partial charge in [0.1, 0.15) is 0 Å². The zero-order chi connectivity index (χ0) is 14.6. The molecule has 1 aromatic carbocycles. The van der Waals surface area contributed by atoms with Gasteiger partial charge in [0.15, 0.2) is 11.5 Å². The molecule has 20 heavy (non-hydrogen) atoms. The fourth-order valence-corrected chi connectivity index (χ4v) is 3.34. The molecule has 1 fully saturated rings. The lowest BCUT2D eigenvalue weighted by atomic mass is 9.76. The average Bonchev–Trinajstić information content (AvgIpc) is 2.94. The number of rotatable bonds is 6. The molecule has 0 radical (unpaired) electrons. The van der Waals surface area contributed by atoms with Gasteiger partial charge in [0.25, 0.3) is 0 Å². The highest BCUT2D eigenvalue weighted by molar-refractivity contribution is 5.45. The van der Waals surface area contributed by atoms with Crippen LogP contribution >= 0.6 is 0 Å². The minimum Gasteiger partial charge on any atom is -0.493 e. The summed E-state index contributed by atoms with van der Waals surface area (Å²) in [5.74, 6) is 1.66. The number of nitrogens with zero attached hydrogens (tertiary/aromatic N) is 1. The molecule has 0 N–H and O–H groups in total. The lowest BCUT2D eigenvalue weighted by molar-refractivity contribution is 0.312. The van der Waals surface area contributed by atoms with E-state index >= 15 is 0 Å². The van der Waals surface area contributed by atoms with Crippen LogP contribution in [0.5, 0.6) is 11.5 Å². The maximum atomic E-state index is 5.47. The van der Waals surface area contributed by atoms with Gasteiger partial charge >= 0.3 is 0 Å². The van der Waals surface area contributed by atoms with Crippen molar-refractivity contribution in [3.05, 3.63) is 23.8 Å². The van der Waals surface area contributed by atoms with Crippen LogP contribution in [0.25, 0.3) is 0 Å². The second kappa shape index (κ2) is 6.49. The summed E-state index contributed by atoms with van der Waals surface area (Å²) in [6.45, 7) is 1.13. The Hall–Kier alpha value is -1.22. The Morgan fingerprint density at radius 2 is 1.70 bits per heavy atom. The topological polar surface area (TPSA) is 21.7 Å². The Balaban J connectivity index is 2.29. The zero-order valence-corrected chi connectivity index (χ0v) is 13.2. The van der Waals surface area contributed by atoms with Crippen molar-refractivity contribution < 1.29 is 9.47 Å². The maximum absolute atomic E-state index is 5.47. The van der Waals surface area contributed by atoms with Gasteiger partial charge in [0, 0.05) is 0 Å². The molecule has 1 aliphatic rings. The lowest BCUT2D eigenvalue weighted by Crippen LogP contribution is -2.28. The number of hydrogen-bond donors (Lipinski definition) is 0. The molecular formula is C17H27NO2. The van der Waals surface area contributed by atoms with Crippen molar-refractivity contribution in [1.29, 1.82) is 0 Å². The molecule has 3 nitrogen and oxygen atoms in total. The maximum Gasteiger partial charge on any atom is 0.161 e. The molecule has 0 atom stereocenters. The van der Waals surface area contributed by atoms with Crippen molar-refractivity contribution in [2.75, 3.05) is 34.9 Å². The van der Waals surface area contributed by atoms with Crippen LogP contribution in [0.1, 0.15) is 37.7 Å². The van der Waals surface area contributed by atoms with Gasteiger partial charge < -0.3 is 14.4 Å². The van der Waals surface area contributed by atoms with Gasteiger partial charge in [-0.25, -0.2) is 0 Å². The number of hydrogen-bond acceptors (Lipinski definition) is 3. The fourth-order valence-electron chi connectivity index (χ4n) is 3.34. The van der Waals surface area contributed by atoms with E-state index in [1.165, 1.54) is 37.7 Å². The Morgan fingerprint density at radius 1 is 1.05 bits per heavy atom. The Bertz CT molecular complexity index is 437. The van der Waals surface area contributed by atoms with Crippen molar-refractivity contribution >= 4 is 0 Å². The van der Waals surface area contributed by atoms with E-state index in [1.807, 2.05) is 6.07 Å². The Labute approximate surface area is 122 Å². The van der Waals surface area contributed by atoms with Crippen molar-refractivity contribution in [3.8, 4) is 11.5 Å². The number of methoxy groups -OCH3 is 2. The molecule has 2 rings (SSSR count). The van der Waals surface area contributed by atoms with E-state index in [4.69, 9.17) is 9.47 Å². The van der Waals surface area contributed by atoms with Crippen LogP contribution in [0.3, 0.4) is 0 Å². The summed E-state index contributed by atoms with van der Waals surface area (Å²) in [6.07, 6.45) is 6.46. The third-order valence-electron chi connectivity index (χ3n) is 4.59. The summed E-state index contributed by atoms with van der Waals surface area (Å²) >= 11 is 0. The van der Waals surface area contributed by atoms with Gasteiger partial charge in [-0.1, -0.05) is 18.9 Å². The molecule has 1 aromatic rings. The van der Waals surface area contributed by atoms with Crippen LogP contribution in [0, 0.1) is 0 Å². The molecule has 0 aromatic heterocycles. The van der Waals surface area contributed by atoms with Gasteiger partial charge in [-0.2, -0.15) is 0 Å². The Kier molecular flexibility index (Phi) is 4.92. The van der Waals surface area contributed by atoms with Crippen molar-refractivity contribution in [2.45, 2.75) is 37.5 Å². The summed E-state index contributed by atoms with van der Waals surface area (Å²) in [7, 11) is 7.70. The van der Waals surface area contributed by atoms with Crippen molar-refractivity contribution in [2.24, 2.45) is 0 Å². The smallest absolute Gasteiger partial charge is 0.161 e. The van der Waals surface area contributed by atoms with E-state index in [1.54, 1.807) is 14.2 Å². The van der Waals surface area contributed by atoms with E-state index in [0.29, 0.717) is 5.41 Å². The molecular weight excluding hydrogens is 250 g/mol. The molecule has 0 bridgehead atoms. The van der Waals surface area contributed by atoms with Gasteiger partial charge in [0.2, 0.25) is 0 Å². The van der Waals surface area contributed by atoms with E-state index in [2.05, 4.69) is 31.1 Å². The molecule has 1 saturated carbocycles. The highest BCUT2D eigenvalue weighted by Gasteiger charge is 2.35. The van der Waals surface area contributed by atoms with Crippen molar-refractivity contribution in [1.82, 2.24) is 4.90 Å². The van der Waals surface area contributed by atoms with Crippen LogP contribution in [-0.2, 0) is 5.41 Å². The lowest BCUT2D eigenvalue weighted by Gasteiger charge is -2.31. The first-order valence-corrected chi connectivity index (χ1v) is 7.48. The monoisotopic (exact) mass is 277 g/mol. The first-order chi connectivity index (χ1) is 9.61. The fraction of sp³-hybridized carbons (Fsp3) is 0.647. The summed E-state index contributed by atoms with van der Waals surface area (Å²) in [5.41, 5.74) is 1.73. The van der Waals surface area contributed by atoms with Crippen LogP contribution < -0.4 is 9.47 Å². The number of benzene rings is 1. The van der Waals surface area contributed by atoms with E-state index in [9.17, 15) is 0 Å². The first kappa shape index (κ1) is 15.2.